The van der Waals surface area contributed by atoms with E-state index in [9.17, 15) is 9.18 Å². The van der Waals surface area contributed by atoms with E-state index >= 15 is 0 Å². The quantitative estimate of drug-likeness (QED) is 0.696. The lowest BCUT2D eigenvalue weighted by Crippen LogP contribution is -2.37. The monoisotopic (exact) mass is 382 g/mol. The van der Waals surface area contributed by atoms with Crippen molar-refractivity contribution in [1.29, 1.82) is 0 Å². The lowest BCUT2D eigenvalue weighted by Gasteiger charge is -2.26. The summed E-state index contributed by atoms with van der Waals surface area (Å²) in [5, 5.41) is 4.27. The van der Waals surface area contributed by atoms with Crippen molar-refractivity contribution < 1.29 is 14.0 Å². The van der Waals surface area contributed by atoms with E-state index in [-0.39, 0.29) is 23.7 Å². The number of nitrogens with zero attached hydrogens (tertiary/aromatic N) is 2. The SMILES string of the molecule is Cc1ccccc1C1=NO[C@H](CN(Cc2ccc(F)cc2)C(=O)CC(C)C)C1. The molecule has 2 aromatic carbocycles. The number of rotatable bonds is 7. The largest absolute Gasteiger partial charge is 0.390 e. The van der Waals surface area contributed by atoms with Crippen molar-refractivity contribution in [1.82, 2.24) is 4.90 Å². The van der Waals surface area contributed by atoms with Crippen molar-refractivity contribution >= 4 is 11.6 Å². The van der Waals surface area contributed by atoms with Gasteiger partial charge in [0.1, 0.15) is 5.82 Å². The Balaban J connectivity index is 1.68. The second-order valence-corrected chi connectivity index (χ2v) is 7.78. The Kier molecular flexibility index (Phi) is 6.45. The lowest BCUT2D eigenvalue weighted by molar-refractivity contribution is -0.134. The van der Waals surface area contributed by atoms with Crippen LogP contribution in [0.15, 0.2) is 53.7 Å². The van der Waals surface area contributed by atoms with Crippen molar-refractivity contribution in [3.05, 3.63) is 71.0 Å². The molecule has 1 atom stereocenters. The molecule has 0 aromatic heterocycles. The van der Waals surface area contributed by atoms with E-state index < -0.39 is 0 Å². The number of benzene rings is 2. The lowest BCUT2D eigenvalue weighted by atomic mass is 10.00. The summed E-state index contributed by atoms with van der Waals surface area (Å²) in [5.41, 5.74) is 4.06. The Morgan fingerprint density at radius 2 is 1.93 bits per heavy atom. The van der Waals surface area contributed by atoms with E-state index in [2.05, 4.69) is 18.1 Å². The molecule has 28 heavy (non-hydrogen) atoms. The molecule has 2 aromatic rings. The average molecular weight is 382 g/mol. The normalized spacial score (nSPS) is 16.0. The Labute approximate surface area is 166 Å². The maximum atomic E-state index is 13.2. The first-order chi connectivity index (χ1) is 13.4. The molecule has 1 aliphatic heterocycles. The van der Waals surface area contributed by atoms with Crippen LogP contribution in [-0.4, -0.2) is 29.2 Å². The number of oxime groups is 1. The van der Waals surface area contributed by atoms with Crippen molar-refractivity contribution in [2.75, 3.05) is 6.54 Å². The zero-order valence-electron chi connectivity index (χ0n) is 16.7. The van der Waals surface area contributed by atoms with Crippen molar-refractivity contribution in [2.45, 2.75) is 46.3 Å². The van der Waals surface area contributed by atoms with E-state index in [1.165, 1.54) is 12.1 Å². The van der Waals surface area contributed by atoms with E-state index in [0.29, 0.717) is 25.9 Å². The Morgan fingerprint density at radius 1 is 1.21 bits per heavy atom. The molecule has 0 bridgehead atoms. The number of hydrogen-bond acceptors (Lipinski definition) is 3. The summed E-state index contributed by atoms with van der Waals surface area (Å²) in [7, 11) is 0. The summed E-state index contributed by atoms with van der Waals surface area (Å²) in [5.74, 6) is 0.0676. The van der Waals surface area contributed by atoms with Crippen LogP contribution in [0.1, 0.15) is 43.4 Å². The fourth-order valence-corrected chi connectivity index (χ4v) is 3.37. The molecule has 4 nitrogen and oxygen atoms in total. The van der Waals surface area contributed by atoms with Gasteiger partial charge in [-0.2, -0.15) is 0 Å². The highest BCUT2D eigenvalue weighted by atomic mass is 19.1. The maximum absolute atomic E-state index is 13.2. The van der Waals surface area contributed by atoms with Crippen molar-refractivity contribution in [3.8, 4) is 0 Å². The standard InChI is InChI=1S/C23H27FN2O2/c1-16(2)12-23(27)26(14-18-8-10-19(24)11-9-18)15-20-13-22(25-28-20)21-7-5-4-6-17(21)3/h4-11,16,20H,12-15H2,1-3H3/t20-/m0/s1. The smallest absolute Gasteiger partial charge is 0.223 e. The summed E-state index contributed by atoms with van der Waals surface area (Å²) in [6.45, 7) is 7.00. The van der Waals surface area contributed by atoms with Gasteiger partial charge in [0.25, 0.3) is 0 Å². The minimum Gasteiger partial charge on any atom is -0.390 e. The third-order valence-electron chi connectivity index (χ3n) is 4.84. The molecular formula is C23H27FN2O2. The van der Waals surface area contributed by atoms with Crippen LogP contribution < -0.4 is 0 Å². The third-order valence-corrected chi connectivity index (χ3v) is 4.84. The van der Waals surface area contributed by atoms with Gasteiger partial charge in [-0.1, -0.05) is 55.4 Å². The molecule has 0 N–H and O–H groups in total. The molecule has 0 fully saturated rings. The number of aryl methyl sites for hydroxylation is 1. The average Bonchev–Trinajstić information content (AvgIpc) is 3.11. The van der Waals surface area contributed by atoms with Gasteiger partial charge in [0.2, 0.25) is 5.91 Å². The van der Waals surface area contributed by atoms with Crippen LogP contribution in [0.3, 0.4) is 0 Å². The molecule has 3 rings (SSSR count). The van der Waals surface area contributed by atoms with Gasteiger partial charge in [0, 0.05) is 24.9 Å². The number of halogens is 1. The van der Waals surface area contributed by atoms with Gasteiger partial charge in [-0.3, -0.25) is 4.79 Å². The maximum Gasteiger partial charge on any atom is 0.223 e. The van der Waals surface area contributed by atoms with Crippen molar-refractivity contribution in [2.24, 2.45) is 11.1 Å². The van der Waals surface area contributed by atoms with Crippen LogP contribution in [0.2, 0.25) is 0 Å². The van der Waals surface area contributed by atoms with Crippen LogP contribution >= 0.6 is 0 Å². The van der Waals surface area contributed by atoms with E-state index in [0.717, 1.165) is 22.4 Å². The Hall–Kier alpha value is -2.69. The van der Waals surface area contributed by atoms with Crippen LogP contribution in [0.25, 0.3) is 0 Å². The van der Waals surface area contributed by atoms with Gasteiger partial charge in [-0.15, -0.1) is 0 Å². The first-order valence-corrected chi connectivity index (χ1v) is 9.73. The second-order valence-electron chi connectivity index (χ2n) is 7.78. The zero-order chi connectivity index (χ0) is 20.1. The summed E-state index contributed by atoms with van der Waals surface area (Å²) < 4.78 is 13.2. The van der Waals surface area contributed by atoms with Gasteiger partial charge < -0.3 is 9.74 Å². The summed E-state index contributed by atoms with van der Waals surface area (Å²) in [4.78, 5) is 20.2. The summed E-state index contributed by atoms with van der Waals surface area (Å²) >= 11 is 0. The first kappa shape index (κ1) is 20.1. The molecule has 1 amide bonds. The number of amides is 1. The van der Waals surface area contributed by atoms with E-state index in [1.54, 1.807) is 17.0 Å². The molecule has 0 saturated carbocycles. The molecule has 1 heterocycles. The minimum atomic E-state index is -0.279. The van der Waals surface area contributed by atoms with Crippen LogP contribution in [0, 0.1) is 18.7 Å². The van der Waals surface area contributed by atoms with Gasteiger partial charge >= 0.3 is 0 Å². The van der Waals surface area contributed by atoms with Gasteiger partial charge in [-0.25, -0.2) is 4.39 Å². The van der Waals surface area contributed by atoms with Crippen LogP contribution in [-0.2, 0) is 16.2 Å². The molecular weight excluding hydrogens is 355 g/mol. The third kappa shape index (κ3) is 5.18. The molecule has 0 unspecified atom stereocenters. The summed E-state index contributed by atoms with van der Waals surface area (Å²) in [6, 6.07) is 14.4. The minimum absolute atomic E-state index is 0.0762. The van der Waals surface area contributed by atoms with Crippen LogP contribution in [0.5, 0.6) is 0 Å². The zero-order valence-corrected chi connectivity index (χ0v) is 16.7. The molecule has 1 aliphatic rings. The molecule has 0 saturated heterocycles. The molecule has 0 spiro atoms. The fraction of sp³-hybridized carbons (Fsp3) is 0.391. The van der Waals surface area contributed by atoms with E-state index in [1.807, 2.05) is 32.0 Å². The molecule has 0 aliphatic carbocycles. The van der Waals surface area contributed by atoms with Gasteiger partial charge in [0.15, 0.2) is 6.10 Å². The molecule has 148 valence electrons. The fourth-order valence-electron chi connectivity index (χ4n) is 3.37. The van der Waals surface area contributed by atoms with Gasteiger partial charge in [-0.05, 0) is 36.1 Å². The van der Waals surface area contributed by atoms with Crippen molar-refractivity contribution in [3.63, 3.8) is 0 Å². The number of carbonyl (C=O) groups excluding carboxylic acids is 1. The summed E-state index contributed by atoms with van der Waals surface area (Å²) in [6.07, 6.45) is 0.963. The first-order valence-electron chi connectivity index (χ1n) is 9.73. The second kappa shape index (κ2) is 9.00. The van der Waals surface area contributed by atoms with Gasteiger partial charge in [0.05, 0.1) is 12.3 Å². The highest BCUT2D eigenvalue weighted by Gasteiger charge is 2.27. The highest BCUT2D eigenvalue weighted by molar-refractivity contribution is 6.02. The molecule has 0 radical (unpaired) electrons. The van der Waals surface area contributed by atoms with Crippen LogP contribution in [0.4, 0.5) is 4.39 Å². The molecule has 5 heteroatoms. The van der Waals surface area contributed by atoms with E-state index in [4.69, 9.17) is 4.84 Å². The Morgan fingerprint density at radius 3 is 2.61 bits per heavy atom. The predicted octanol–water partition coefficient (Wildman–Crippen LogP) is 4.70. The predicted molar refractivity (Wildman–Crippen MR) is 108 cm³/mol. The number of hydrogen-bond donors (Lipinski definition) is 0. The highest BCUT2D eigenvalue weighted by Crippen LogP contribution is 2.21. The Bertz CT molecular complexity index is 846. The number of carbonyl (C=O) groups is 1. The topological polar surface area (TPSA) is 41.9 Å².